The van der Waals surface area contributed by atoms with E-state index in [2.05, 4.69) is 93.7 Å². The number of hydrogen-bond acceptors (Lipinski definition) is 5. The van der Waals surface area contributed by atoms with E-state index in [-0.39, 0.29) is 25.2 Å². The van der Waals surface area contributed by atoms with Gasteiger partial charge in [-0.3, -0.25) is 9.59 Å². The number of unbranched alkanes of at least 4 members (excludes halogenated alkanes) is 31. The fraction of sp³-hybridized carbons (Fsp3) is 0.778. The van der Waals surface area contributed by atoms with Gasteiger partial charge in [0.1, 0.15) is 6.61 Å². The van der Waals surface area contributed by atoms with E-state index in [1.807, 2.05) is 0 Å². The quantitative estimate of drug-likeness (QED) is 0.0345. The van der Waals surface area contributed by atoms with Crippen molar-refractivity contribution in [1.29, 1.82) is 0 Å². The van der Waals surface area contributed by atoms with Crippen molar-refractivity contribution in [3.63, 3.8) is 0 Å². The molecule has 5 heteroatoms. The van der Waals surface area contributed by atoms with Gasteiger partial charge < -0.3 is 14.2 Å². The van der Waals surface area contributed by atoms with E-state index >= 15 is 0 Å². The number of rotatable bonds is 54. The Morgan fingerprint density at radius 1 is 0.338 bits per heavy atom. The van der Waals surface area contributed by atoms with Crippen molar-refractivity contribution in [3.05, 3.63) is 72.9 Å². The van der Waals surface area contributed by atoms with Crippen LogP contribution in [0, 0.1) is 0 Å². The van der Waals surface area contributed by atoms with Gasteiger partial charge in [0.05, 0.1) is 6.61 Å². The molecule has 0 aromatic heterocycles. The minimum Gasteiger partial charge on any atom is -0.462 e. The average molecular weight is 950 g/mol. The van der Waals surface area contributed by atoms with Gasteiger partial charge in [0.15, 0.2) is 6.10 Å². The second-order valence-electron chi connectivity index (χ2n) is 19.5. The molecule has 0 fully saturated rings. The number of hydrogen-bond donors (Lipinski definition) is 0. The number of allylic oxidation sites excluding steroid dienone is 12. The zero-order chi connectivity index (χ0) is 49.2. The van der Waals surface area contributed by atoms with Crippen LogP contribution in [0.1, 0.15) is 290 Å². The van der Waals surface area contributed by atoms with E-state index in [9.17, 15) is 9.59 Å². The molecule has 68 heavy (non-hydrogen) atoms. The lowest BCUT2D eigenvalue weighted by molar-refractivity contribution is -0.163. The summed E-state index contributed by atoms with van der Waals surface area (Å²) in [5.74, 6) is -0.410. The Balaban J connectivity index is 4.30. The minimum absolute atomic E-state index is 0.0749. The lowest BCUT2D eigenvalue weighted by Gasteiger charge is -2.18. The molecule has 0 spiro atoms. The van der Waals surface area contributed by atoms with Crippen molar-refractivity contribution in [2.45, 2.75) is 297 Å². The van der Waals surface area contributed by atoms with E-state index in [0.717, 1.165) is 83.5 Å². The van der Waals surface area contributed by atoms with Crippen LogP contribution in [-0.4, -0.2) is 37.9 Å². The lowest BCUT2D eigenvalue weighted by Crippen LogP contribution is -2.30. The van der Waals surface area contributed by atoms with Gasteiger partial charge >= 0.3 is 11.9 Å². The highest BCUT2D eigenvalue weighted by atomic mass is 16.6. The molecular formula is C63H112O5. The largest absolute Gasteiger partial charge is 0.462 e. The van der Waals surface area contributed by atoms with Crippen LogP contribution in [0.25, 0.3) is 0 Å². The Hall–Kier alpha value is -2.66. The van der Waals surface area contributed by atoms with Crippen LogP contribution >= 0.6 is 0 Å². The van der Waals surface area contributed by atoms with Gasteiger partial charge in [-0.15, -0.1) is 0 Å². The molecule has 1 unspecified atom stereocenters. The Bertz CT molecular complexity index is 1210. The molecule has 0 saturated carbocycles. The van der Waals surface area contributed by atoms with Gasteiger partial charge in [-0.05, 0) is 109 Å². The molecule has 0 rings (SSSR count). The molecule has 0 amide bonds. The van der Waals surface area contributed by atoms with E-state index in [0.29, 0.717) is 19.4 Å². The maximum absolute atomic E-state index is 12.9. The molecule has 0 aromatic carbocycles. The number of carbonyl (C=O) groups is 2. The van der Waals surface area contributed by atoms with Crippen LogP contribution in [0.2, 0.25) is 0 Å². The summed E-state index contributed by atoms with van der Waals surface area (Å²) in [5, 5.41) is 0. The fourth-order valence-corrected chi connectivity index (χ4v) is 8.32. The summed E-state index contributed by atoms with van der Waals surface area (Å²) in [5.41, 5.74) is 0. The summed E-state index contributed by atoms with van der Waals surface area (Å²) in [6.07, 6.45) is 76.3. The smallest absolute Gasteiger partial charge is 0.306 e. The van der Waals surface area contributed by atoms with Crippen LogP contribution in [0.4, 0.5) is 0 Å². The van der Waals surface area contributed by atoms with Gasteiger partial charge in [0.2, 0.25) is 0 Å². The summed E-state index contributed by atoms with van der Waals surface area (Å²) in [6, 6.07) is 0. The second kappa shape index (κ2) is 58.7. The van der Waals surface area contributed by atoms with Crippen molar-refractivity contribution in [1.82, 2.24) is 0 Å². The first kappa shape index (κ1) is 65.3. The molecule has 0 aliphatic carbocycles. The molecule has 0 aliphatic rings. The highest BCUT2D eigenvalue weighted by Crippen LogP contribution is 2.15. The highest BCUT2D eigenvalue weighted by molar-refractivity contribution is 5.70. The first-order valence-corrected chi connectivity index (χ1v) is 29.5. The summed E-state index contributed by atoms with van der Waals surface area (Å²) in [6.45, 7) is 7.70. The molecule has 0 bridgehead atoms. The van der Waals surface area contributed by atoms with Crippen molar-refractivity contribution in [2.24, 2.45) is 0 Å². The van der Waals surface area contributed by atoms with Crippen molar-refractivity contribution in [2.75, 3.05) is 19.8 Å². The molecule has 0 heterocycles. The topological polar surface area (TPSA) is 61.8 Å². The van der Waals surface area contributed by atoms with Crippen molar-refractivity contribution in [3.8, 4) is 0 Å². The van der Waals surface area contributed by atoms with E-state index < -0.39 is 6.10 Å². The molecule has 0 radical (unpaired) electrons. The Labute approximate surface area is 423 Å². The lowest BCUT2D eigenvalue weighted by atomic mass is 10.1. The maximum Gasteiger partial charge on any atom is 0.306 e. The molecule has 0 N–H and O–H groups in total. The summed E-state index contributed by atoms with van der Waals surface area (Å²) < 4.78 is 17.5. The third-order valence-electron chi connectivity index (χ3n) is 12.7. The highest BCUT2D eigenvalue weighted by Gasteiger charge is 2.17. The van der Waals surface area contributed by atoms with Crippen LogP contribution in [0.15, 0.2) is 72.9 Å². The van der Waals surface area contributed by atoms with E-state index in [4.69, 9.17) is 14.2 Å². The van der Waals surface area contributed by atoms with Gasteiger partial charge in [0, 0.05) is 19.4 Å². The molecule has 0 saturated heterocycles. The predicted molar refractivity (Wildman–Crippen MR) is 297 cm³/mol. The SMILES string of the molecule is CC/C=C\C/C=C\C/C=C\CCCCCCCCCC(=O)OCC(COCCCCCCCCCC/C=C\CCCCCCCC)OC(=O)CCCCCCCCC/C=C\C/C=C\CCCCC. The van der Waals surface area contributed by atoms with Crippen molar-refractivity contribution < 1.29 is 23.8 Å². The van der Waals surface area contributed by atoms with E-state index in [1.165, 1.54) is 173 Å². The van der Waals surface area contributed by atoms with Crippen LogP contribution in [0.3, 0.4) is 0 Å². The monoisotopic (exact) mass is 949 g/mol. The predicted octanol–water partition coefficient (Wildman–Crippen LogP) is 20.2. The Morgan fingerprint density at radius 2 is 0.662 bits per heavy atom. The van der Waals surface area contributed by atoms with Crippen LogP contribution < -0.4 is 0 Å². The Kier molecular flexibility index (Phi) is 56.4. The summed E-state index contributed by atoms with van der Waals surface area (Å²) in [7, 11) is 0. The minimum atomic E-state index is -0.549. The van der Waals surface area contributed by atoms with Crippen LogP contribution in [0.5, 0.6) is 0 Å². The molecular weight excluding hydrogens is 837 g/mol. The first-order chi connectivity index (χ1) is 33.6. The zero-order valence-corrected chi connectivity index (χ0v) is 45.4. The molecule has 0 aromatic rings. The van der Waals surface area contributed by atoms with Gasteiger partial charge in [-0.25, -0.2) is 0 Å². The zero-order valence-electron chi connectivity index (χ0n) is 45.4. The molecule has 0 aliphatic heterocycles. The van der Waals surface area contributed by atoms with Gasteiger partial charge in [0.25, 0.3) is 0 Å². The summed E-state index contributed by atoms with van der Waals surface area (Å²) >= 11 is 0. The molecule has 1 atom stereocenters. The Morgan fingerprint density at radius 3 is 1.10 bits per heavy atom. The first-order valence-electron chi connectivity index (χ1n) is 29.5. The third-order valence-corrected chi connectivity index (χ3v) is 12.7. The standard InChI is InChI=1S/C63H112O5/c1-4-7-10-13-16-19-22-25-28-31-34-37-40-43-46-49-52-55-58-66-59-61(68-63(65)57-54-51-48-45-42-39-36-33-30-27-24-21-18-15-12-9-6-3)60-67-62(64)56-53-50-47-44-41-38-35-32-29-26-23-20-17-14-11-8-5-2/h8,11,17-18,20-21,25-30,61H,4-7,9-10,12-16,19,22-24,31-60H2,1-3H3/b11-8-,20-17-,21-18-,28-25-,29-26-,30-27-. The second-order valence-corrected chi connectivity index (χ2v) is 19.5. The third kappa shape index (κ3) is 55.9. The number of carbonyl (C=O) groups excluding carboxylic acids is 2. The van der Waals surface area contributed by atoms with Crippen molar-refractivity contribution >= 4 is 11.9 Å². The fourth-order valence-electron chi connectivity index (χ4n) is 8.32. The number of esters is 2. The van der Waals surface area contributed by atoms with Gasteiger partial charge in [-0.2, -0.15) is 0 Å². The average Bonchev–Trinajstić information content (AvgIpc) is 3.34. The normalized spacial score (nSPS) is 12.7. The maximum atomic E-state index is 12.9. The van der Waals surface area contributed by atoms with E-state index in [1.54, 1.807) is 0 Å². The molecule has 5 nitrogen and oxygen atoms in total. The summed E-state index contributed by atoms with van der Waals surface area (Å²) in [4.78, 5) is 25.5. The molecule has 394 valence electrons. The van der Waals surface area contributed by atoms with Gasteiger partial charge in [-0.1, -0.05) is 241 Å². The van der Waals surface area contributed by atoms with Crippen LogP contribution in [-0.2, 0) is 23.8 Å². The number of ether oxygens (including phenoxy) is 3.